The number of aryl methyl sites for hydroxylation is 2. The average molecular weight is 348 g/mol. The molecule has 0 atom stereocenters. The van der Waals surface area contributed by atoms with Crippen LogP contribution in [0.1, 0.15) is 22.3 Å². The molecule has 26 heavy (non-hydrogen) atoms. The Labute approximate surface area is 154 Å². The van der Waals surface area contributed by atoms with Gasteiger partial charge in [0, 0.05) is 24.8 Å². The number of nitrogens with one attached hydrogen (secondary N) is 1. The summed E-state index contributed by atoms with van der Waals surface area (Å²) >= 11 is 0. The number of hydrogen-bond acceptors (Lipinski definition) is 4. The molecule has 0 saturated carbocycles. The highest BCUT2D eigenvalue weighted by Gasteiger charge is 2.06. The molecule has 1 N–H and O–H groups in total. The Morgan fingerprint density at radius 2 is 1.65 bits per heavy atom. The number of ether oxygens (including phenoxy) is 2. The van der Waals surface area contributed by atoms with Crippen LogP contribution < -0.4 is 14.8 Å². The van der Waals surface area contributed by atoms with Gasteiger partial charge in [-0.25, -0.2) is 4.98 Å². The van der Waals surface area contributed by atoms with E-state index in [0.717, 1.165) is 23.6 Å². The van der Waals surface area contributed by atoms with Crippen LogP contribution in [0.3, 0.4) is 0 Å². The Morgan fingerprint density at radius 3 is 2.38 bits per heavy atom. The minimum atomic E-state index is 0.616. The van der Waals surface area contributed by atoms with Gasteiger partial charge in [0.1, 0.15) is 11.5 Å². The van der Waals surface area contributed by atoms with Crippen molar-refractivity contribution >= 4 is 0 Å². The molecular weight excluding hydrogens is 324 g/mol. The fraction of sp³-hybridized carbons (Fsp3) is 0.227. The molecule has 0 spiro atoms. The minimum Gasteiger partial charge on any atom is -0.497 e. The van der Waals surface area contributed by atoms with E-state index in [-0.39, 0.29) is 0 Å². The van der Waals surface area contributed by atoms with Crippen LogP contribution >= 0.6 is 0 Å². The molecule has 4 heteroatoms. The predicted molar refractivity (Wildman–Crippen MR) is 104 cm³/mol. The van der Waals surface area contributed by atoms with Gasteiger partial charge in [-0.2, -0.15) is 0 Å². The van der Waals surface area contributed by atoms with Gasteiger partial charge in [-0.1, -0.05) is 24.3 Å². The lowest BCUT2D eigenvalue weighted by Gasteiger charge is -2.12. The van der Waals surface area contributed by atoms with Gasteiger partial charge in [0.2, 0.25) is 5.88 Å². The quantitative estimate of drug-likeness (QED) is 0.667. The van der Waals surface area contributed by atoms with E-state index < -0.39 is 0 Å². The van der Waals surface area contributed by atoms with Crippen molar-refractivity contribution in [1.82, 2.24) is 10.3 Å². The third-order valence-corrected chi connectivity index (χ3v) is 4.34. The molecule has 4 nitrogen and oxygen atoms in total. The standard InChI is InChI=1S/C22H24N2O2/c1-16-6-7-18(13-17(16)2)14-23-15-19-5-4-12-24-22(19)26-21-10-8-20(25-3)9-11-21/h4-13,23H,14-15H2,1-3H3. The first-order valence-corrected chi connectivity index (χ1v) is 8.68. The van der Waals surface area contributed by atoms with Crippen molar-refractivity contribution in [2.45, 2.75) is 26.9 Å². The van der Waals surface area contributed by atoms with Gasteiger partial charge in [0.05, 0.1) is 7.11 Å². The molecule has 0 aliphatic carbocycles. The van der Waals surface area contributed by atoms with E-state index in [1.807, 2.05) is 36.4 Å². The Kier molecular flexibility index (Phi) is 5.87. The molecule has 0 radical (unpaired) electrons. The van der Waals surface area contributed by atoms with Crippen molar-refractivity contribution in [3.8, 4) is 17.4 Å². The van der Waals surface area contributed by atoms with Crippen molar-refractivity contribution in [1.29, 1.82) is 0 Å². The SMILES string of the molecule is COc1ccc(Oc2ncccc2CNCc2ccc(C)c(C)c2)cc1. The molecule has 0 bridgehead atoms. The number of methoxy groups -OCH3 is 1. The summed E-state index contributed by atoms with van der Waals surface area (Å²) in [6.07, 6.45) is 1.74. The normalized spacial score (nSPS) is 10.6. The van der Waals surface area contributed by atoms with E-state index in [4.69, 9.17) is 9.47 Å². The summed E-state index contributed by atoms with van der Waals surface area (Å²) in [5, 5.41) is 3.47. The molecular formula is C22H24N2O2. The van der Waals surface area contributed by atoms with Crippen molar-refractivity contribution in [2.75, 3.05) is 7.11 Å². The van der Waals surface area contributed by atoms with Gasteiger partial charge in [-0.15, -0.1) is 0 Å². The molecule has 0 saturated heterocycles. The predicted octanol–water partition coefficient (Wildman–Crippen LogP) is 4.79. The second kappa shape index (κ2) is 8.50. The highest BCUT2D eigenvalue weighted by atomic mass is 16.5. The van der Waals surface area contributed by atoms with Crippen molar-refractivity contribution in [3.05, 3.63) is 83.0 Å². The smallest absolute Gasteiger partial charge is 0.223 e. The summed E-state index contributed by atoms with van der Waals surface area (Å²) in [6, 6.07) is 18.0. The molecule has 0 amide bonds. The zero-order chi connectivity index (χ0) is 18.4. The van der Waals surface area contributed by atoms with Gasteiger partial charge in [0.15, 0.2) is 0 Å². The van der Waals surface area contributed by atoms with Crippen LogP contribution in [0, 0.1) is 13.8 Å². The van der Waals surface area contributed by atoms with E-state index in [1.165, 1.54) is 16.7 Å². The first-order valence-electron chi connectivity index (χ1n) is 8.68. The molecule has 1 heterocycles. The largest absolute Gasteiger partial charge is 0.497 e. The molecule has 0 aliphatic heterocycles. The van der Waals surface area contributed by atoms with Crippen LogP contribution in [-0.2, 0) is 13.1 Å². The molecule has 1 aromatic heterocycles. The maximum absolute atomic E-state index is 5.94. The first kappa shape index (κ1) is 18.0. The Hall–Kier alpha value is -2.85. The van der Waals surface area contributed by atoms with Crippen LogP contribution in [0.5, 0.6) is 17.4 Å². The van der Waals surface area contributed by atoms with Gasteiger partial charge in [0.25, 0.3) is 0 Å². The first-order chi connectivity index (χ1) is 12.7. The lowest BCUT2D eigenvalue weighted by molar-refractivity contribution is 0.411. The van der Waals surface area contributed by atoms with E-state index in [1.54, 1.807) is 13.3 Å². The molecule has 0 aliphatic rings. The lowest BCUT2D eigenvalue weighted by Crippen LogP contribution is -2.13. The fourth-order valence-electron chi connectivity index (χ4n) is 2.66. The monoisotopic (exact) mass is 348 g/mol. The van der Waals surface area contributed by atoms with E-state index in [0.29, 0.717) is 12.4 Å². The molecule has 0 fully saturated rings. The summed E-state index contributed by atoms with van der Waals surface area (Å²) in [7, 11) is 1.65. The van der Waals surface area contributed by atoms with Crippen LogP contribution in [0.15, 0.2) is 60.8 Å². The molecule has 0 unspecified atom stereocenters. The molecule has 134 valence electrons. The van der Waals surface area contributed by atoms with Crippen LogP contribution in [0.2, 0.25) is 0 Å². The van der Waals surface area contributed by atoms with Gasteiger partial charge in [-0.05, 0) is 60.9 Å². The van der Waals surface area contributed by atoms with Crippen LogP contribution in [0.25, 0.3) is 0 Å². The number of hydrogen-bond donors (Lipinski definition) is 1. The van der Waals surface area contributed by atoms with Gasteiger partial charge in [-0.3, -0.25) is 0 Å². The number of benzene rings is 2. The van der Waals surface area contributed by atoms with Crippen LogP contribution in [-0.4, -0.2) is 12.1 Å². The lowest BCUT2D eigenvalue weighted by atomic mass is 10.1. The maximum atomic E-state index is 5.94. The number of rotatable bonds is 7. The van der Waals surface area contributed by atoms with Crippen LogP contribution in [0.4, 0.5) is 0 Å². The van der Waals surface area contributed by atoms with E-state index >= 15 is 0 Å². The van der Waals surface area contributed by atoms with E-state index in [2.05, 4.69) is 42.3 Å². The van der Waals surface area contributed by atoms with Crippen molar-refractivity contribution in [2.24, 2.45) is 0 Å². The Bertz CT molecular complexity index is 860. The molecule has 3 aromatic rings. The van der Waals surface area contributed by atoms with Crippen molar-refractivity contribution in [3.63, 3.8) is 0 Å². The van der Waals surface area contributed by atoms with E-state index in [9.17, 15) is 0 Å². The second-order valence-corrected chi connectivity index (χ2v) is 6.27. The highest BCUT2D eigenvalue weighted by Crippen LogP contribution is 2.25. The number of nitrogens with zero attached hydrogens (tertiary/aromatic N) is 1. The summed E-state index contributed by atoms with van der Waals surface area (Å²) < 4.78 is 11.1. The Balaban J connectivity index is 1.63. The zero-order valence-electron chi connectivity index (χ0n) is 15.5. The number of pyridine rings is 1. The highest BCUT2D eigenvalue weighted by molar-refractivity contribution is 5.36. The molecule has 2 aromatic carbocycles. The summed E-state index contributed by atoms with van der Waals surface area (Å²) in [6.45, 7) is 5.76. The summed E-state index contributed by atoms with van der Waals surface area (Å²) in [4.78, 5) is 4.37. The second-order valence-electron chi connectivity index (χ2n) is 6.27. The average Bonchev–Trinajstić information content (AvgIpc) is 2.66. The topological polar surface area (TPSA) is 43.4 Å². The van der Waals surface area contributed by atoms with Gasteiger partial charge < -0.3 is 14.8 Å². The number of aromatic nitrogens is 1. The van der Waals surface area contributed by atoms with Crippen molar-refractivity contribution < 1.29 is 9.47 Å². The third-order valence-electron chi connectivity index (χ3n) is 4.34. The summed E-state index contributed by atoms with van der Waals surface area (Å²) in [5.41, 5.74) is 4.92. The Morgan fingerprint density at radius 1 is 0.885 bits per heavy atom. The van der Waals surface area contributed by atoms with Gasteiger partial charge >= 0.3 is 0 Å². The fourth-order valence-corrected chi connectivity index (χ4v) is 2.66. The zero-order valence-corrected chi connectivity index (χ0v) is 15.5. The summed E-state index contributed by atoms with van der Waals surface area (Å²) in [5.74, 6) is 2.15. The minimum absolute atomic E-state index is 0.616. The maximum Gasteiger partial charge on any atom is 0.223 e. The third kappa shape index (κ3) is 4.61. The molecule has 3 rings (SSSR count).